The maximum atomic E-state index is 5.84. The van der Waals surface area contributed by atoms with Gasteiger partial charge in [0.15, 0.2) is 0 Å². The molecule has 128 valence electrons. The van der Waals surface area contributed by atoms with Gasteiger partial charge in [-0.05, 0) is 32.9 Å². The van der Waals surface area contributed by atoms with Gasteiger partial charge in [0.05, 0.1) is 0 Å². The third-order valence-electron chi connectivity index (χ3n) is 3.13. The third-order valence-corrected chi connectivity index (χ3v) is 6.19. The van der Waals surface area contributed by atoms with Gasteiger partial charge in [-0.1, -0.05) is 13.3 Å². The number of aryl methyl sites for hydroxylation is 2. The molecule has 0 bridgehead atoms. The van der Waals surface area contributed by atoms with Crippen molar-refractivity contribution >= 4 is 8.56 Å². The van der Waals surface area contributed by atoms with Crippen LogP contribution in [0.5, 0.6) is 0 Å². The van der Waals surface area contributed by atoms with Gasteiger partial charge in [-0.15, -0.1) is 0 Å². The van der Waals surface area contributed by atoms with E-state index < -0.39 is 8.56 Å². The van der Waals surface area contributed by atoms with Crippen LogP contribution in [0.4, 0.5) is 0 Å². The van der Waals surface area contributed by atoms with Crippen LogP contribution in [0.25, 0.3) is 0 Å². The van der Waals surface area contributed by atoms with Crippen LogP contribution in [0.1, 0.15) is 31.4 Å². The summed E-state index contributed by atoms with van der Waals surface area (Å²) in [6, 6.07) is 7.61. The van der Waals surface area contributed by atoms with E-state index in [4.69, 9.17) is 8.85 Å². The fourth-order valence-electron chi connectivity index (χ4n) is 2.22. The van der Waals surface area contributed by atoms with Gasteiger partial charge in [0.2, 0.25) is 0 Å². The first kappa shape index (κ1) is 29.2. The number of rotatable bonds is 8. The van der Waals surface area contributed by atoms with Crippen LogP contribution >= 0.6 is 0 Å². The molecule has 0 atom stereocenters. The third kappa shape index (κ3) is 10.5. The van der Waals surface area contributed by atoms with Crippen molar-refractivity contribution in [1.29, 1.82) is 0 Å². The van der Waals surface area contributed by atoms with Gasteiger partial charge in [-0.2, -0.15) is 17.2 Å². The van der Waals surface area contributed by atoms with Crippen LogP contribution in [0.15, 0.2) is 18.2 Å². The number of hydrogen-bond donors (Lipinski definition) is 0. The van der Waals surface area contributed by atoms with Crippen LogP contribution in [-0.4, -0.2) is 21.8 Å². The Kier molecular flexibility index (Phi) is 21.0. The predicted molar refractivity (Wildman–Crippen MR) is 94.0 cm³/mol. The minimum Gasteiger partial charge on any atom is -0.395 e. The molecule has 2 nitrogen and oxygen atoms in total. The number of hydrogen-bond acceptors (Lipinski definition) is 2. The zero-order valence-corrected chi connectivity index (χ0v) is 18.2. The van der Waals surface area contributed by atoms with Crippen molar-refractivity contribution in [2.75, 3.05) is 13.2 Å². The molecule has 0 spiro atoms. The molecule has 4 heteroatoms. The molecule has 0 unspecified atom stereocenters. The van der Waals surface area contributed by atoms with E-state index in [-0.39, 0.29) is 43.3 Å². The van der Waals surface area contributed by atoms with Gasteiger partial charge in [-0.25, -0.2) is 12.1 Å². The van der Waals surface area contributed by atoms with Crippen LogP contribution in [0, 0.1) is 29.2 Å². The Bertz CT molecular complexity index is 320. The van der Waals surface area contributed by atoms with Crippen molar-refractivity contribution in [3.8, 4) is 0 Å². The standard InChI is InChI=1S/C14H25O2Si.3CH3.Pt/c1-5-15-17(4,16-6-2)12-8-11-14-10-7-9-13(14)3;;;;/h7,9-10H,5-6,8,11-12H2,1-4H3;3*1H3;/q4*-1;+4. The summed E-state index contributed by atoms with van der Waals surface area (Å²) >= 11 is 0. The van der Waals surface area contributed by atoms with Crippen LogP contribution < -0.4 is 0 Å². The molecule has 21 heavy (non-hydrogen) atoms. The minimum atomic E-state index is -1.90. The quantitative estimate of drug-likeness (QED) is 0.369. The normalized spacial score (nSPS) is 9.71. The molecule has 0 heterocycles. The summed E-state index contributed by atoms with van der Waals surface area (Å²) in [4.78, 5) is 0. The SMILES string of the molecule is CCO[Si](C)(CCCc1ccc[c-]1C)OCC.[CH3-].[CH3-].[CH3-].[Pt+4]. The zero-order chi connectivity index (χ0) is 12.7. The van der Waals surface area contributed by atoms with E-state index >= 15 is 0 Å². The van der Waals surface area contributed by atoms with Gasteiger partial charge < -0.3 is 31.1 Å². The summed E-state index contributed by atoms with van der Waals surface area (Å²) in [5.74, 6) is 0. The largest absolute Gasteiger partial charge is 4.00 e. The summed E-state index contributed by atoms with van der Waals surface area (Å²) in [5, 5.41) is 0. The zero-order valence-electron chi connectivity index (χ0n) is 14.9. The Morgan fingerprint density at radius 1 is 1.10 bits per heavy atom. The van der Waals surface area contributed by atoms with E-state index in [1.165, 1.54) is 11.1 Å². The molecule has 1 aromatic carbocycles. The fraction of sp³-hybridized carbons (Fsp3) is 0.529. The molecule has 0 saturated heterocycles. The molecule has 0 radical (unpaired) electrons. The van der Waals surface area contributed by atoms with Crippen molar-refractivity contribution in [3.05, 3.63) is 51.6 Å². The predicted octanol–water partition coefficient (Wildman–Crippen LogP) is 5.14. The average molecular weight is 494 g/mol. The van der Waals surface area contributed by atoms with Crippen molar-refractivity contribution in [2.45, 2.75) is 46.2 Å². The van der Waals surface area contributed by atoms with E-state index in [0.717, 1.165) is 32.1 Å². The molecule has 1 aromatic rings. The van der Waals surface area contributed by atoms with Crippen molar-refractivity contribution in [1.82, 2.24) is 0 Å². The van der Waals surface area contributed by atoms with Crippen molar-refractivity contribution in [2.24, 2.45) is 0 Å². The van der Waals surface area contributed by atoms with Crippen molar-refractivity contribution < 1.29 is 29.9 Å². The van der Waals surface area contributed by atoms with Gasteiger partial charge in [0.25, 0.3) is 0 Å². The monoisotopic (exact) mass is 493 g/mol. The first-order valence-corrected chi connectivity index (χ1v) is 9.12. The van der Waals surface area contributed by atoms with E-state index in [0.29, 0.717) is 0 Å². The van der Waals surface area contributed by atoms with Gasteiger partial charge in [0, 0.05) is 13.2 Å². The molecule has 0 aliphatic carbocycles. The molecular weight excluding hydrogens is 459 g/mol. The van der Waals surface area contributed by atoms with Gasteiger partial charge in [0.1, 0.15) is 0 Å². The maximum absolute atomic E-state index is 5.84. The topological polar surface area (TPSA) is 18.5 Å². The van der Waals surface area contributed by atoms with Crippen LogP contribution in [-0.2, 0) is 36.3 Å². The average Bonchev–Trinajstić information content (AvgIpc) is 2.65. The Hall–Kier alpha value is 0.175. The van der Waals surface area contributed by atoms with Gasteiger partial charge in [-0.3, -0.25) is 0 Å². The molecule has 0 N–H and O–H groups in total. The summed E-state index contributed by atoms with van der Waals surface area (Å²) in [7, 11) is -1.90. The molecule has 0 fully saturated rings. The smallest absolute Gasteiger partial charge is 0.395 e. The summed E-state index contributed by atoms with van der Waals surface area (Å²) in [6.45, 7) is 9.97. The Labute approximate surface area is 149 Å². The second-order valence-corrected chi connectivity index (χ2v) is 7.93. The van der Waals surface area contributed by atoms with E-state index in [2.05, 4.69) is 31.7 Å². The molecule has 0 amide bonds. The second kappa shape index (κ2) is 15.1. The van der Waals surface area contributed by atoms with Gasteiger partial charge >= 0.3 is 29.6 Å². The molecule has 0 aliphatic rings. The summed E-state index contributed by atoms with van der Waals surface area (Å²) in [5.41, 5.74) is 2.87. The summed E-state index contributed by atoms with van der Waals surface area (Å²) < 4.78 is 11.7. The van der Waals surface area contributed by atoms with E-state index in [1.807, 2.05) is 13.8 Å². The molecule has 0 saturated carbocycles. The molecule has 0 aliphatic heterocycles. The molecular formula is C17H34O2PtSi. The first-order valence-electron chi connectivity index (χ1n) is 6.60. The van der Waals surface area contributed by atoms with Crippen LogP contribution in [0.3, 0.4) is 0 Å². The summed E-state index contributed by atoms with van der Waals surface area (Å²) in [6.07, 6.45) is 2.30. The fourth-order valence-corrected chi connectivity index (χ4v) is 4.64. The van der Waals surface area contributed by atoms with Crippen molar-refractivity contribution in [3.63, 3.8) is 0 Å². The Morgan fingerprint density at radius 2 is 1.62 bits per heavy atom. The Balaban J connectivity index is -0.000000361. The van der Waals surface area contributed by atoms with E-state index in [1.54, 1.807) is 0 Å². The van der Waals surface area contributed by atoms with E-state index in [9.17, 15) is 0 Å². The maximum Gasteiger partial charge on any atom is 4.00 e. The molecule has 1 rings (SSSR count). The molecule has 0 aromatic heterocycles. The minimum absolute atomic E-state index is 0. The van der Waals surface area contributed by atoms with Crippen LogP contribution in [0.2, 0.25) is 12.6 Å². The Morgan fingerprint density at radius 3 is 2.00 bits per heavy atom. The first-order chi connectivity index (χ1) is 8.11. The second-order valence-electron chi connectivity index (χ2n) is 4.59.